The van der Waals surface area contributed by atoms with Crippen molar-refractivity contribution in [1.29, 1.82) is 0 Å². The van der Waals surface area contributed by atoms with Crippen molar-refractivity contribution in [1.82, 2.24) is 9.80 Å². The van der Waals surface area contributed by atoms with Crippen LogP contribution in [-0.4, -0.2) is 55.1 Å². The summed E-state index contributed by atoms with van der Waals surface area (Å²) in [5, 5.41) is 2.83. The number of hydrogen-bond acceptors (Lipinski definition) is 5. The average molecular weight is 452 g/mol. The standard InChI is InChI=1S/C27H37N3O3/c1-21(31)28-24-11-8-22(9-12-24)19-29-14-5-15-30(17-16-29)20-23-10-13-26(32-2)27(18-23)33-25-6-3-4-7-25/h8-13,18,25H,3-7,14-17,19-20H2,1-2H3,(H,28,31). The predicted octanol–water partition coefficient (Wildman–Crippen LogP) is 4.68. The Labute approximate surface area is 197 Å². The van der Waals surface area contributed by atoms with E-state index in [2.05, 4.69) is 39.4 Å². The molecular weight excluding hydrogens is 414 g/mol. The lowest BCUT2D eigenvalue weighted by atomic mass is 10.1. The summed E-state index contributed by atoms with van der Waals surface area (Å²) in [7, 11) is 1.72. The largest absolute Gasteiger partial charge is 0.493 e. The number of nitrogens with one attached hydrogen (secondary N) is 1. The summed E-state index contributed by atoms with van der Waals surface area (Å²) < 4.78 is 11.8. The molecule has 4 rings (SSSR count). The van der Waals surface area contributed by atoms with Crippen LogP contribution in [0.2, 0.25) is 0 Å². The van der Waals surface area contributed by atoms with Crippen molar-refractivity contribution in [2.45, 2.75) is 58.2 Å². The quantitative estimate of drug-likeness (QED) is 0.631. The van der Waals surface area contributed by atoms with Gasteiger partial charge in [0.15, 0.2) is 11.5 Å². The van der Waals surface area contributed by atoms with Gasteiger partial charge in [-0.25, -0.2) is 0 Å². The van der Waals surface area contributed by atoms with Crippen molar-refractivity contribution in [2.75, 3.05) is 38.6 Å². The highest BCUT2D eigenvalue weighted by molar-refractivity contribution is 5.88. The highest BCUT2D eigenvalue weighted by Gasteiger charge is 2.20. The second-order valence-corrected chi connectivity index (χ2v) is 9.29. The maximum atomic E-state index is 11.2. The highest BCUT2D eigenvalue weighted by atomic mass is 16.5. The van der Waals surface area contributed by atoms with E-state index in [1.165, 1.54) is 30.9 Å². The van der Waals surface area contributed by atoms with Gasteiger partial charge < -0.3 is 14.8 Å². The molecule has 0 atom stereocenters. The van der Waals surface area contributed by atoms with Crippen LogP contribution < -0.4 is 14.8 Å². The van der Waals surface area contributed by atoms with Crippen molar-refractivity contribution < 1.29 is 14.3 Å². The van der Waals surface area contributed by atoms with Crippen LogP contribution in [0.1, 0.15) is 50.2 Å². The van der Waals surface area contributed by atoms with E-state index in [0.29, 0.717) is 6.10 Å². The van der Waals surface area contributed by atoms with Crippen molar-refractivity contribution in [3.63, 3.8) is 0 Å². The SMILES string of the molecule is COc1ccc(CN2CCCN(Cc3ccc(NC(C)=O)cc3)CC2)cc1OC1CCCC1. The van der Waals surface area contributed by atoms with Crippen LogP contribution in [0.15, 0.2) is 42.5 Å². The fraction of sp³-hybridized carbons (Fsp3) is 0.519. The van der Waals surface area contributed by atoms with E-state index in [1.807, 2.05) is 18.2 Å². The molecule has 6 heteroatoms. The zero-order valence-electron chi connectivity index (χ0n) is 20.0. The van der Waals surface area contributed by atoms with Gasteiger partial charge in [-0.3, -0.25) is 14.6 Å². The van der Waals surface area contributed by atoms with Crippen molar-refractivity contribution in [3.05, 3.63) is 53.6 Å². The van der Waals surface area contributed by atoms with Crippen LogP contribution in [0.4, 0.5) is 5.69 Å². The van der Waals surface area contributed by atoms with Gasteiger partial charge >= 0.3 is 0 Å². The van der Waals surface area contributed by atoms with E-state index in [1.54, 1.807) is 7.11 Å². The molecule has 178 valence electrons. The van der Waals surface area contributed by atoms with Crippen LogP contribution in [0.25, 0.3) is 0 Å². The molecule has 0 radical (unpaired) electrons. The number of ether oxygens (including phenoxy) is 2. The molecule has 1 aliphatic heterocycles. The zero-order chi connectivity index (χ0) is 23.0. The van der Waals surface area contributed by atoms with E-state index >= 15 is 0 Å². The van der Waals surface area contributed by atoms with E-state index in [9.17, 15) is 4.79 Å². The maximum Gasteiger partial charge on any atom is 0.221 e. The highest BCUT2D eigenvalue weighted by Crippen LogP contribution is 2.33. The fourth-order valence-electron chi connectivity index (χ4n) is 4.85. The molecule has 1 aliphatic carbocycles. The smallest absolute Gasteiger partial charge is 0.221 e. The van der Waals surface area contributed by atoms with Crippen molar-refractivity contribution >= 4 is 11.6 Å². The summed E-state index contributed by atoms with van der Waals surface area (Å²) in [4.78, 5) is 16.3. The van der Waals surface area contributed by atoms with E-state index < -0.39 is 0 Å². The lowest BCUT2D eigenvalue weighted by molar-refractivity contribution is -0.114. The second-order valence-electron chi connectivity index (χ2n) is 9.29. The number of carbonyl (C=O) groups is 1. The third-order valence-electron chi connectivity index (χ3n) is 6.59. The monoisotopic (exact) mass is 451 g/mol. The third kappa shape index (κ3) is 6.95. The number of methoxy groups -OCH3 is 1. The number of nitrogens with zero attached hydrogens (tertiary/aromatic N) is 2. The van der Waals surface area contributed by atoms with Crippen LogP contribution in [0.3, 0.4) is 0 Å². The fourth-order valence-corrected chi connectivity index (χ4v) is 4.85. The van der Waals surface area contributed by atoms with Gasteiger partial charge in [0, 0.05) is 38.8 Å². The minimum atomic E-state index is -0.0376. The van der Waals surface area contributed by atoms with Crippen LogP contribution in [0.5, 0.6) is 11.5 Å². The number of benzene rings is 2. The first kappa shape index (κ1) is 23.6. The molecule has 33 heavy (non-hydrogen) atoms. The van der Waals surface area contributed by atoms with E-state index in [4.69, 9.17) is 9.47 Å². The summed E-state index contributed by atoms with van der Waals surface area (Å²) in [6.45, 7) is 7.71. The topological polar surface area (TPSA) is 54.0 Å². The van der Waals surface area contributed by atoms with E-state index in [0.717, 1.165) is 75.7 Å². The molecule has 1 heterocycles. The molecule has 1 N–H and O–H groups in total. The number of amides is 1. The molecule has 2 aliphatic rings. The molecule has 0 unspecified atom stereocenters. The lowest BCUT2D eigenvalue weighted by Gasteiger charge is -2.23. The van der Waals surface area contributed by atoms with Gasteiger partial charge in [0.2, 0.25) is 5.91 Å². The molecule has 1 saturated heterocycles. The average Bonchev–Trinajstić information content (AvgIpc) is 3.21. The molecule has 1 saturated carbocycles. The zero-order valence-corrected chi connectivity index (χ0v) is 20.0. The minimum Gasteiger partial charge on any atom is -0.493 e. The van der Waals surface area contributed by atoms with E-state index in [-0.39, 0.29) is 5.91 Å². The van der Waals surface area contributed by atoms with Gasteiger partial charge in [0.25, 0.3) is 0 Å². The number of rotatable bonds is 8. The minimum absolute atomic E-state index is 0.0376. The molecule has 2 aromatic rings. The molecule has 0 bridgehead atoms. The van der Waals surface area contributed by atoms with Crippen LogP contribution in [0, 0.1) is 0 Å². The second kappa shape index (κ2) is 11.5. The first-order valence-electron chi connectivity index (χ1n) is 12.2. The third-order valence-corrected chi connectivity index (χ3v) is 6.59. The normalized spacial score (nSPS) is 18.1. The maximum absolute atomic E-state index is 11.2. The van der Waals surface area contributed by atoms with Crippen molar-refractivity contribution in [2.24, 2.45) is 0 Å². The predicted molar refractivity (Wildman–Crippen MR) is 132 cm³/mol. The molecule has 2 aromatic carbocycles. The summed E-state index contributed by atoms with van der Waals surface area (Å²) in [6, 6.07) is 14.6. The summed E-state index contributed by atoms with van der Waals surface area (Å²) in [5.74, 6) is 1.68. The lowest BCUT2D eigenvalue weighted by Crippen LogP contribution is -2.30. The first-order valence-corrected chi connectivity index (χ1v) is 12.2. The van der Waals surface area contributed by atoms with Crippen molar-refractivity contribution in [3.8, 4) is 11.5 Å². The summed E-state index contributed by atoms with van der Waals surface area (Å²) >= 11 is 0. The Morgan fingerprint density at radius 1 is 0.879 bits per heavy atom. The molecule has 0 spiro atoms. The molecule has 2 fully saturated rings. The van der Waals surface area contributed by atoms with Gasteiger partial charge in [-0.05, 0) is 80.6 Å². The number of carbonyl (C=O) groups excluding carboxylic acids is 1. The Hall–Kier alpha value is -2.57. The molecule has 0 aromatic heterocycles. The van der Waals surface area contributed by atoms with Gasteiger partial charge in [0.05, 0.1) is 13.2 Å². The molecular formula is C27H37N3O3. The van der Waals surface area contributed by atoms with Crippen LogP contribution >= 0.6 is 0 Å². The van der Waals surface area contributed by atoms with Gasteiger partial charge in [-0.1, -0.05) is 18.2 Å². The molecule has 1 amide bonds. The Balaban J connectivity index is 1.31. The summed E-state index contributed by atoms with van der Waals surface area (Å²) in [6.07, 6.45) is 6.29. The first-order chi connectivity index (χ1) is 16.1. The number of hydrogen-bond donors (Lipinski definition) is 1. The van der Waals surface area contributed by atoms with Gasteiger partial charge in [-0.15, -0.1) is 0 Å². The summed E-state index contributed by atoms with van der Waals surface area (Å²) in [5.41, 5.74) is 3.41. The molecule has 6 nitrogen and oxygen atoms in total. The van der Waals surface area contributed by atoms with Gasteiger partial charge in [-0.2, -0.15) is 0 Å². The van der Waals surface area contributed by atoms with Gasteiger partial charge in [0.1, 0.15) is 0 Å². The Bertz CT molecular complexity index is 909. The van der Waals surface area contributed by atoms with Crippen LogP contribution in [-0.2, 0) is 17.9 Å². The Morgan fingerprint density at radius 2 is 1.52 bits per heavy atom. The Kier molecular flexibility index (Phi) is 8.24. The number of anilines is 1. The Morgan fingerprint density at radius 3 is 2.15 bits per heavy atom.